The first-order chi connectivity index (χ1) is 6.59. The SMILES string of the molecule is NS(=O)(=O)C1CC(=O)N(CC(F)(F)F)C1. The number of carbonyl (C=O) groups excluding carboxylic acids is 1. The smallest absolute Gasteiger partial charge is 0.332 e. The predicted octanol–water partition coefficient (Wildman–Crippen LogP) is -0.562. The molecule has 0 aromatic carbocycles. The van der Waals surface area contributed by atoms with E-state index in [2.05, 4.69) is 0 Å². The van der Waals surface area contributed by atoms with Gasteiger partial charge in [-0.2, -0.15) is 13.2 Å². The van der Waals surface area contributed by atoms with Crippen molar-refractivity contribution < 1.29 is 26.4 Å². The third-order valence-electron chi connectivity index (χ3n) is 2.01. The van der Waals surface area contributed by atoms with Gasteiger partial charge in [-0.25, -0.2) is 13.6 Å². The molecule has 0 saturated carbocycles. The van der Waals surface area contributed by atoms with Crippen LogP contribution in [-0.2, 0) is 14.8 Å². The molecular formula is C6H9F3N2O3S. The molecule has 1 atom stereocenters. The van der Waals surface area contributed by atoms with Crippen LogP contribution in [0.25, 0.3) is 0 Å². The number of carbonyl (C=O) groups is 1. The fourth-order valence-electron chi connectivity index (χ4n) is 1.33. The number of amides is 1. The highest BCUT2D eigenvalue weighted by Crippen LogP contribution is 2.22. The van der Waals surface area contributed by atoms with Crippen LogP contribution >= 0.6 is 0 Å². The summed E-state index contributed by atoms with van der Waals surface area (Å²) in [7, 11) is -3.95. The van der Waals surface area contributed by atoms with E-state index >= 15 is 0 Å². The first-order valence-electron chi connectivity index (χ1n) is 3.96. The van der Waals surface area contributed by atoms with Crippen molar-refractivity contribution in [2.75, 3.05) is 13.1 Å². The highest BCUT2D eigenvalue weighted by Gasteiger charge is 2.41. The summed E-state index contributed by atoms with van der Waals surface area (Å²) in [6.07, 6.45) is -5.00. The first kappa shape index (κ1) is 12.2. The fraction of sp³-hybridized carbons (Fsp3) is 0.833. The molecule has 1 fully saturated rings. The minimum Gasteiger partial charge on any atom is -0.332 e. The van der Waals surface area contributed by atoms with Crippen LogP contribution in [0, 0.1) is 0 Å². The van der Waals surface area contributed by atoms with Crippen LogP contribution in [0.2, 0.25) is 0 Å². The van der Waals surface area contributed by atoms with E-state index in [1.165, 1.54) is 0 Å². The zero-order valence-corrected chi connectivity index (χ0v) is 8.31. The lowest BCUT2D eigenvalue weighted by Crippen LogP contribution is -2.37. The van der Waals surface area contributed by atoms with Gasteiger partial charge in [0.25, 0.3) is 0 Å². The van der Waals surface area contributed by atoms with Gasteiger partial charge in [0.05, 0.1) is 0 Å². The Morgan fingerprint density at radius 1 is 1.47 bits per heavy atom. The lowest BCUT2D eigenvalue weighted by molar-refractivity contribution is -0.157. The molecule has 88 valence electrons. The van der Waals surface area contributed by atoms with Gasteiger partial charge in [0.15, 0.2) is 0 Å². The second-order valence-corrected chi connectivity index (χ2v) is 5.15. The molecule has 0 aliphatic carbocycles. The van der Waals surface area contributed by atoms with E-state index < -0.39 is 46.9 Å². The maximum atomic E-state index is 11.9. The summed E-state index contributed by atoms with van der Waals surface area (Å²) in [5, 5.41) is 3.51. The number of hydrogen-bond donors (Lipinski definition) is 1. The molecule has 0 radical (unpaired) electrons. The number of likely N-dealkylation sites (tertiary alicyclic amines) is 1. The molecule has 0 aromatic heterocycles. The monoisotopic (exact) mass is 246 g/mol. The van der Waals surface area contributed by atoms with E-state index in [-0.39, 0.29) is 0 Å². The maximum Gasteiger partial charge on any atom is 0.406 e. The summed E-state index contributed by atoms with van der Waals surface area (Å²) in [5.74, 6) is -0.841. The van der Waals surface area contributed by atoms with Crippen molar-refractivity contribution in [2.24, 2.45) is 5.14 Å². The predicted molar refractivity (Wildman–Crippen MR) is 44.1 cm³/mol. The van der Waals surface area contributed by atoms with Crippen molar-refractivity contribution in [3.63, 3.8) is 0 Å². The molecule has 1 saturated heterocycles. The van der Waals surface area contributed by atoms with E-state index in [9.17, 15) is 26.4 Å². The molecule has 9 heteroatoms. The van der Waals surface area contributed by atoms with Gasteiger partial charge in [0, 0.05) is 13.0 Å². The molecule has 5 nitrogen and oxygen atoms in total. The summed E-state index contributed by atoms with van der Waals surface area (Å²) in [5.41, 5.74) is 0. The molecular weight excluding hydrogens is 237 g/mol. The summed E-state index contributed by atoms with van der Waals surface area (Å²) in [6.45, 7) is -1.92. The van der Waals surface area contributed by atoms with Gasteiger partial charge in [-0.05, 0) is 0 Å². The van der Waals surface area contributed by atoms with Crippen molar-refractivity contribution >= 4 is 15.9 Å². The Bertz CT molecular complexity index is 364. The normalized spacial score (nSPS) is 23.6. The summed E-state index contributed by atoms with van der Waals surface area (Å²) < 4.78 is 57.4. The number of hydrogen-bond acceptors (Lipinski definition) is 3. The number of halogens is 3. The van der Waals surface area contributed by atoms with Gasteiger partial charge >= 0.3 is 6.18 Å². The largest absolute Gasteiger partial charge is 0.406 e. The summed E-state index contributed by atoms with van der Waals surface area (Å²) in [4.78, 5) is 11.5. The molecule has 1 unspecified atom stereocenters. The lowest BCUT2D eigenvalue weighted by atomic mass is 10.4. The first-order valence-corrected chi connectivity index (χ1v) is 5.56. The van der Waals surface area contributed by atoms with Crippen molar-refractivity contribution in [1.29, 1.82) is 0 Å². The number of nitrogens with zero attached hydrogens (tertiary/aromatic N) is 1. The van der Waals surface area contributed by atoms with Crippen molar-refractivity contribution in [3.8, 4) is 0 Å². The van der Waals surface area contributed by atoms with Crippen molar-refractivity contribution in [1.82, 2.24) is 4.90 Å². The molecule has 0 bridgehead atoms. The fourth-order valence-corrected chi connectivity index (χ4v) is 2.09. The quantitative estimate of drug-likeness (QED) is 0.709. The van der Waals surface area contributed by atoms with Crippen molar-refractivity contribution in [3.05, 3.63) is 0 Å². The molecule has 1 aliphatic heterocycles. The van der Waals surface area contributed by atoms with E-state index in [0.29, 0.717) is 4.90 Å². The molecule has 1 amide bonds. The molecule has 1 heterocycles. The zero-order valence-electron chi connectivity index (χ0n) is 7.49. The standard InChI is InChI=1S/C6H9F3N2O3S/c7-6(8,9)3-11-2-4(1-5(11)12)15(10,13)14/h4H,1-3H2,(H2,10,13,14). The summed E-state index contributed by atoms with van der Waals surface area (Å²) in [6, 6.07) is 0. The summed E-state index contributed by atoms with van der Waals surface area (Å²) >= 11 is 0. The van der Waals surface area contributed by atoms with Crippen LogP contribution in [-0.4, -0.2) is 43.7 Å². The number of rotatable bonds is 2. The van der Waals surface area contributed by atoms with Gasteiger partial charge in [0.2, 0.25) is 15.9 Å². The third kappa shape index (κ3) is 3.34. The van der Waals surface area contributed by atoms with Gasteiger partial charge in [-0.15, -0.1) is 0 Å². The van der Waals surface area contributed by atoms with E-state index in [1.54, 1.807) is 0 Å². The highest BCUT2D eigenvalue weighted by molar-refractivity contribution is 7.89. The van der Waals surface area contributed by atoms with Gasteiger partial charge < -0.3 is 4.90 Å². The van der Waals surface area contributed by atoms with Crippen molar-refractivity contribution in [2.45, 2.75) is 17.8 Å². The van der Waals surface area contributed by atoms with E-state index in [1.807, 2.05) is 0 Å². The van der Waals surface area contributed by atoms with Crippen LogP contribution in [0.15, 0.2) is 0 Å². The second-order valence-electron chi connectivity index (χ2n) is 3.30. The van der Waals surface area contributed by atoms with E-state index in [4.69, 9.17) is 5.14 Å². The molecule has 2 N–H and O–H groups in total. The Morgan fingerprint density at radius 3 is 2.33 bits per heavy atom. The lowest BCUT2D eigenvalue weighted by Gasteiger charge is -2.17. The molecule has 15 heavy (non-hydrogen) atoms. The third-order valence-corrected chi connectivity index (χ3v) is 3.26. The van der Waals surface area contributed by atoms with Gasteiger partial charge in [-0.1, -0.05) is 0 Å². The Kier molecular flexibility index (Phi) is 2.97. The Hall–Kier alpha value is -0.830. The number of sulfonamides is 1. The van der Waals surface area contributed by atoms with Gasteiger partial charge in [0.1, 0.15) is 11.8 Å². The molecule has 1 aliphatic rings. The van der Waals surface area contributed by atoms with Crippen LogP contribution in [0.4, 0.5) is 13.2 Å². The Balaban J connectivity index is 2.70. The van der Waals surface area contributed by atoms with Gasteiger partial charge in [-0.3, -0.25) is 4.79 Å². The number of alkyl halides is 3. The zero-order chi connectivity index (χ0) is 11.9. The topological polar surface area (TPSA) is 80.5 Å². The minimum absolute atomic E-state index is 0.453. The highest BCUT2D eigenvalue weighted by atomic mass is 32.2. The Labute approximate surface area is 84.1 Å². The van der Waals surface area contributed by atoms with Crippen LogP contribution in [0.1, 0.15) is 6.42 Å². The maximum absolute atomic E-state index is 11.9. The van der Waals surface area contributed by atoms with E-state index in [0.717, 1.165) is 0 Å². The van der Waals surface area contributed by atoms with Crippen LogP contribution in [0.5, 0.6) is 0 Å². The minimum atomic E-state index is -4.52. The average molecular weight is 246 g/mol. The molecule has 0 aromatic rings. The average Bonchev–Trinajstić information content (AvgIpc) is 2.27. The van der Waals surface area contributed by atoms with Crippen LogP contribution < -0.4 is 5.14 Å². The molecule has 0 spiro atoms. The van der Waals surface area contributed by atoms with Crippen LogP contribution in [0.3, 0.4) is 0 Å². The molecule has 1 rings (SSSR count). The Morgan fingerprint density at radius 2 is 2.00 bits per heavy atom. The number of nitrogens with two attached hydrogens (primary N) is 1. The second kappa shape index (κ2) is 3.63. The number of primary sulfonamides is 1.